The highest BCUT2D eigenvalue weighted by molar-refractivity contribution is 9.10. The van der Waals surface area contributed by atoms with Gasteiger partial charge in [0.15, 0.2) is 5.13 Å². The molecule has 0 aliphatic rings. The van der Waals surface area contributed by atoms with E-state index in [-0.39, 0.29) is 10.7 Å². The Morgan fingerprint density at radius 1 is 1.53 bits per heavy atom. The van der Waals surface area contributed by atoms with Gasteiger partial charge in [-0.3, -0.25) is 4.79 Å². The summed E-state index contributed by atoms with van der Waals surface area (Å²) < 4.78 is 0.856. The quantitative estimate of drug-likeness (QED) is 0.748. The normalized spacial score (nSPS) is 12.6. The van der Waals surface area contributed by atoms with Gasteiger partial charge in [0.25, 0.3) is 0 Å². The molecule has 0 aliphatic carbocycles. The van der Waals surface area contributed by atoms with Crippen molar-refractivity contribution in [3.8, 4) is 0 Å². The summed E-state index contributed by atoms with van der Waals surface area (Å²) in [5.41, 5.74) is 0.660. The number of nitrogens with zero attached hydrogens (tertiary/aromatic N) is 1. The number of fused-ring (bicyclic) bond motifs is 1. The first-order valence-electron chi connectivity index (χ1n) is 5.71. The highest BCUT2D eigenvalue weighted by Crippen LogP contribution is 2.33. The Morgan fingerprint density at radius 2 is 2.26 bits per heavy atom. The van der Waals surface area contributed by atoms with Crippen molar-refractivity contribution >= 4 is 71.7 Å². The lowest BCUT2D eigenvalue weighted by molar-refractivity contribution is -0.115. The van der Waals surface area contributed by atoms with E-state index in [9.17, 15) is 4.79 Å². The van der Waals surface area contributed by atoms with Crippen LogP contribution in [0, 0.1) is 0 Å². The van der Waals surface area contributed by atoms with E-state index < -0.39 is 0 Å². The largest absolute Gasteiger partial charge is 0.301 e. The van der Waals surface area contributed by atoms with Crippen molar-refractivity contribution in [2.45, 2.75) is 24.6 Å². The van der Waals surface area contributed by atoms with Gasteiger partial charge in [-0.05, 0) is 18.6 Å². The van der Waals surface area contributed by atoms with Crippen LogP contribution in [0.5, 0.6) is 0 Å². The van der Waals surface area contributed by atoms with Gasteiger partial charge in [-0.2, -0.15) is 0 Å². The molecule has 0 spiro atoms. The van der Waals surface area contributed by atoms with Crippen molar-refractivity contribution in [1.82, 2.24) is 4.98 Å². The number of thiazole rings is 1. The topological polar surface area (TPSA) is 42.0 Å². The molecule has 1 atom stereocenters. The summed E-state index contributed by atoms with van der Waals surface area (Å²) in [6.45, 7) is 2.03. The molecular weight excluding hydrogens is 371 g/mol. The minimum absolute atomic E-state index is 0.0943. The molecular formula is C12H11BrCl2N2OS. The minimum atomic E-state index is -0.205. The van der Waals surface area contributed by atoms with Crippen molar-refractivity contribution in [1.29, 1.82) is 0 Å². The van der Waals surface area contributed by atoms with Crippen LogP contribution in [0.4, 0.5) is 5.13 Å². The van der Waals surface area contributed by atoms with E-state index >= 15 is 0 Å². The standard InChI is InChI=1S/C12H11BrCl2N2OS/c1-2-3-7(13)11(18)17-12-16-10-8(15)4-6(14)5-9(10)19-12/h4-5,7H,2-3H2,1H3,(H,16,17,18)/t7-/m1/s1. The van der Waals surface area contributed by atoms with E-state index in [0.29, 0.717) is 20.7 Å². The number of hydrogen-bond donors (Lipinski definition) is 1. The van der Waals surface area contributed by atoms with E-state index in [0.717, 1.165) is 17.5 Å². The molecule has 0 saturated heterocycles. The number of halogens is 3. The monoisotopic (exact) mass is 380 g/mol. The van der Waals surface area contributed by atoms with Crippen LogP contribution in [0.3, 0.4) is 0 Å². The average molecular weight is 382 g/mol. The zero-order chi connectivity index (χ0) is 14.0. The second kappa shape index (κ2) is 6.39. The molecule has 102 valence electrons. The van der Waals surface area contributed by atoms with Crippen LogP contribution in [-0.4, -0.2) is 15.7 Å². The molecule has 0 unspecified atom stereocenters. The Labute approximate surface area is 133 Å². The van der Waals surface area contributed by atoms with E-state index in [4.69, 9.17) is 23.2 Å². The van der Waals surface area contributed by atoms with Crippen molar-refractivity contribution < 1.29 is 4.79 Å². The summed E-state index contributed by atoms with van der Waals surface area (Å²) in [6, 6.07) is 3.43. The molecule has 19 heavy (non-hydrogen) atoms. The number of rotatable bonds is 4. The Morgan fingerprint density at radius 3 is 2.95 bits per heavy atom. The van der Waals surface area contributed by atoms with Crippen molar-refractivity contribution in [2.24, 2.45) is 0 Å². The summed E-state index contributed by atoms with van der Waals surface area (Å²) in [5.74, 6) is -0.0943. The van der Waals surface area contributed by atoms with Crippen LogP contribution in [-0.2, 0) is 4.79 Å². The summed E-state index contributed by atoms with van der Waals surface area (Å²) >= 11 is 16.7. The third kappa shape index (κ3) is 3.60. The molecule has 7 heteroatoms. The van der Waals surface area contributed by atoms with Crippen LogP contribution < -0.4 is 5.32 Å². The van der Waals surface area contributed by atoms with Gasteiger partial charge < -0.3 is 5.32 Å². The lowest BCUT2D eigenvalue weighted by atomic mass is 10.2. The molecule has 0 aliphatic heterocycles. The highest BCUT2D eigenvalue weighted by atomic mass is 79.9. The zero-order valence-corrected chi connectivity index (χ0v) is 14.0. The van der Waals surface area contributed by atoms with Gasteiger partial charge in [0, 0.05) is 5.02 Å². The maximum Gasteiger partial charge on any atom is 0.239 e. The van der Waals surface area contributed by atoms with Gasteiger partial charge >= 0.3 is 0 Å². The van der Waals surface area contributed by atoms with E-state index in [1.165, 1.54) is 11.3 Å². The molecule has 0 fully saturated rings. The maximum absolute atomic E-state index is 11.9. The number of benzene rings is 1. The lowest BCUT2D eigenvalue weighted by Crippen LogP contribution is -2.22. The molecule has 0 saturated carbocycles. The molecule has 3 nitrogen and oxygen atoms in total. The van der Waals surface area contributed by atoms with E-state index in [1.54, 1.807) is 12.1 Å². The molecule has 2 aromatic rings. The summed E-state index contributed by atoms with van der Waals surface area (Å²) in [6.07, 6.45) is 1.72. The average Bonchev–Trinajstić information content (AvgIpc) is 2.72. The highest BCUT2D eigenvalue weighted by Gasteiger charge is 2.16. The number of nitrogens with one attached hydrogen (secondary N) is 1. The summed E-state index contributed by atoms with van der Waals surface area (Å²) in [7, 11) is 0. The van der Waals surface area contributed by atoms with Crippen LogP contribution in [0.15, 0.2) is 12.1 Å². The summed E-state index contributed by atoms with van der Waals surface area (Å²) in [4.78, 5) is 16.0. The van der Waals surface area contributed by atoms with Gasteiger partial charge in [-0.15, -0.1) is 0 Å². The predicted octanol–water partition coefficient (Wildman–Crippen LogP) is 5.11. The number of carbonyl (C=O) groups is 1. The molecule has 0 radical (unpaired) electrons. The maximum atomic E-state index is 11.9. The smallest absolute Gasteiger partial charge is 0.239 e. The predicted molar refractivity (Wildman–Crippen MR) is 85.9 cm³/mol. The third-order valence-electron chi connectivity index (χ3n) is 2.47. The first kappa shape index (κ1) is 15.0. The second-order valence-electron chi connectivity index (χ2n) is 4.00. The van der Waals surface area contributed by atoms with Gasteiger partial charge in [0.2, 0.25) is 5.91 Å². The van der Waals surface area contributed by atoms with Crippen LogP contribution in [0.25, 0.3) is 10.2 Å². The number of hydrogen-bond acceptors (Lipinski definition) is 3. The zero-order valence-electron chi connectivity index (χ0n) is 10.0. The molecule has 1 N–H and O–H groups in total. The second-order valence-corrected chi connectivity index (χ2v) is 6.98. The van der Waals surface area contributed by atoms with Gasteiger partial charge in [-0.1, -0.05) is 63.8 Å². The Hall–Kier alpha value is -0.360. The minimum Gasteiger partial charge on any atom is -0.301 e. The first-order valence-corrected chi connectivity index (χ1v) is 8.20. The Bertz CT molecular complexity index is 617. The SMILES string of the molecule is CCC[C@@H](Br)C(=O)Nc1nc2c(Cl)cc(Cl)cc2s1. The van der Waals surface area contributed by atoms with Crippen LogP contribution >= 0.6 is 50.5 Å². The third-order valence-corrected chi connectivity index (χ3v) is 4.77. The van der Waals surface area contributed by atoms with Gasteiger partial charge in [0.1, 0.15) is 5.52 Å². The molecule has 1 aromatic carbocycles. The van der Waals surface area contributed by atoms with Gasteiger partial charge in [-0.25, -0.2) is 4.98 Å². The van der Waals surface area contributed by atoms with E-state index in [2.05, 4.69) is 26.2 Å². The molecule has 1 aromatic heterocycles. The number of carbonyl (C=O) groups excluding carboxylic acids is 1. The van der Waals surface area contributed by atoms with E-state index in [1.807, 2.05) is 6.92 Å². The molecule has 2 rings (SSSR count). The summed E-state index contributed by atoms with van der Waals surface area (Å²) in [5, 5.41) is 4.36. The Kier molecular flexibility index (Phi) is 5.06. The number of amides is 1. The molecule has 0 bridgehead atoms. The fraction of sp³-hybridized carbons (Fsp3) is 0.333. The number of alkyl halides is 1. The van der Waals surface area contributed by atoms with Crippen LogP contribution in [0.1, 0.15) is 19.8 Å². The van der Waals surface area contributed by atoms with Crippen molar-refractivity contribution in [2.75, 3.05) is 5.32 Å². The molecule has 1 heterocycles. The first-order chi connectivity index (χ1) is 9.01. The van der Waals surface area contributed by atoms with Crippen LogP contribution in [0.2, 0.25) is 10.0 Å². The fourth-order valence-corrected chi connectivity index (χ4v) is 3.74. The Balaban J connectivity index is 2.22. The van der Waals surface area contributed by atoms with Crippen molar-refractivity contribution in [3.63, 3.8) is 0 Å². The number of anilines is 1. The fourth-order valence-electron chi connectivity index (χ4n) is 1.58. The van der Waals surface area contributed by atoms with Gasteiger partial charge in [0.05, 0.1) is 14.5 Å². The lowest BCUT2D eigenvalue weighted by Gasteiger charge is -2.06. The molecule has 1 amide bonds. The van der Waals surface area contributed by atoms with Crippen molar-refractivity contribution in [3.05, 3.63) is 22.2 Å². The number of aromatic nitrogens is 1.